The predicted molar refractivity (Wildman–Crippen MR) is 54.2 cm³/mol. The largest absolute Gasteiger partial charge is 0.383 e. The summed E-state index contributed by atoms with van der Waals surface area (Å²) in [6.45, 7) is 2.47. The van der Waals surface area contributed by atoms with Gasteiger partial charge in [-0.3, -0.25) is 0 Å². The quantitative estimate of drug-likeness (QED) is 0.766. The van der Waals surface area contributed by atoms with Crippen LogP contribution in [0.15, 0.2) is 0 Å². The molecular weight excluding hydrogens is 206 g/mol. The summed E-state index contributed by atoms with van der Waals surface area (Å²) in [4.78, 5) is 11.4. The van der Waals surface area contributed by atoms with E-state index in [0.717, 1.165) is 0 Å². The topological polar surface area (TPSA) is 86.0 Å². The second-order valence-corrected chi connectivity index (χ2v) is 3.13. The van der Waals surface area contributed by atoms with Crippen molar-refractivity contribution in [2.45, 2.75) is 13.0 Å². The van der Waals surface area contributed by atoms with E-state index in [9.17, 15) is 0 Å². The smallest absolute Gasteiger partial charge is 0.229 e. The number of nitrogens with one attached hydrogen (secondary N) is 1. The van der Waals surface area contributed by atoms with E-state index in [2.05, 4.69) is 20.3 Å². The Morgan fingerprint density at radius 2 is 2.21 bits per heavy atom. The van der Waals surface area contributed by atoms with Crippen molar-refractivity contribution in [2.24, 2.45) is 0 Å². The van der Waals surface area contributed by atoms with E-state index in [1.54, 1.807) is 7.11 Å². The molecule has 0 amide bonds. The number of anilines is 2. The monoisotopic (exact) mass is 217 g/mol. The summed E-state index contributed by atoms with van der Waals surface area (Å²) in [5.41, 5.74) is 5.39. The first-order valence-electron chi connectivity index (χ1n) is 4.04. The summed E-state index contributed by atoms with van der Waals surface area (Å²) in [6.07, 6.45) is 0. The number of nitrogens with zero attached hydrogens (tertiary/aromatic N) is 3. The van der Waals surface area contributed by atoms with E-state index < -0.39 is 0 Å². The minimum atomic E-state index is 0.0737. The zero-order valence-corrected chi connectivity index (χ0v) is 8.75. The molecule has 0 fully saturated rings. The van der Waals surface area contributed by atoms with Crippen LogP contribution >= 0.6 is 11.6 Å². The molecule has 0 bridgehead atoms. The highest BCUT2D eigenvalue weighted by Crippen LogP contribution is 2.07. The second kappa shape index (κ2) is 4.92. The predicted octanol–water partition coefficient (Wildman–Crippen LogP) is 0.554. The number of hydrogen-bond donors (Lipinski definition) is 2. The zero-order valence-electron chi connectivity index (χ0n) is 7.99. The van der Waals surface area contributed by atoms with Gasteiger partial charge in [-0.05, 0) is 18.5 Å². The van der Waals surface area contributed by atoms with Gasteiger partial charge in [0.05, 0.1) is 6.61 Å². The highest BCUT2D eigenvalue weighted by molar-refractivity contribution is 6.28. The summed E-state index contributed by atoms with van der Waals surface area (Å²) < 4.78 is 4.94. The van der Waals surface area contributed by atoms with Gasteiger partial charge in [-0.15, -0.1) is 0 Å². The van der Waals surface area contributed by atoms with E-state index in [1.807, 2.05) is 6.92 Å². The number of ether oxygens (including phenoxy) is 1. The summed E-state index contributed by atoms with van der Waals surface area (Å²) in [5, 5.41) is 3.05. The lowest BCUT2D eigenvalue weighted by Crippen LogP contribution is -2.22. The molecule has 0 spiro atoms. The Labute approximate surface area is 86.9 Å². The van der Waals surface area contributed by atoms with Gasteiger partial charge in [-0.2, -0.15) is 15.0 Å². The van der Waals surface area contributed by atoms with Crippen LogP contribution in [0.1, 0.15) is 6.92 Å². The maximum atomic E-state index is 5.60. The summed E-state index contributed by atoms with van der Waals surface area (Å²) in [6, 6.07) is 0.0814. The molecule has 0 aliphatic rings. The molecule has 1 aromatic rings. The number of methoxy groups -OCH3 is 1. The molecule has 3 N–H and O–H groups in total. The van der Waals surface area contributed by atoms with Crippen molar-refractivity contribution in [3.63, 3.8) is 0 Å². The molecular formula is C7H12ClN5O. The van der Waals surface area contributed by atoms with Gasteiger partial charge in [0.1, 0.15) is 0 Å². The van der Waals surface area contributed by atoms with Crippen LogP contribution in [-0.4, -0.2) is 34.7 Å². The molecule has 0 saturated heterocycles. The maximum Gasteiger partial charge on any atom is 0.229 e. The molecule has 1 unspecified atom stereocenters. The van der Waals surface area contributed by atoms with Gasteiger partial charge in [-0.1, -0.05) is 0 Å². The van der Waals surface area contributed by atoms with Gasteiger partial charge in [0.15, 0.2) is 0 Å². The van der Waals surface area contributed by atoms with Crippen LogP contribution in [0.2, 0.25) is 5.28 Å². The first-order chi connectivity index (χ1) is 6.61. The van der Waals surface area contributed by atoms with Gasteiger partial charge in [0, 0.05) is 13.2 Å². The average molecular weight is 218 g/mol. The minimum absolute atomic E-state index is 0.0737. The lowest BCUT2D eigenvalue weighted by atomic mass is 10.4. The van der Waals surface area contributed by atoms with Crippen molar-refractivity contribution in [1.29, 1.82) is 0 Å². The van der Waals surface area contributed by atoms with Crippen LogP contribution in [-0.2, 0) is 4.74 Å². The van der Waals surface area contributed by atoms with Crippen LogP contribution in [0.5, 0.6) is 0 Å². The van der Waals surface area contributed by atoms with Crippen molar-refractivity contribution in [1.82, 2.24) is 15.0 Å². The highest BCUT2D eigenvalue weighted by Gasteiger charge is 2.05. The Morgan fingerprint density at radius 1 is 1.50 bits per heavy atom. The number of rotatable bonds is 4. The van der Waals surface area contributed by atoms with Gasteiger partial charge in [-0.25, -0.2) is 0 Å². The number of nitrogen functional groups attached to an aromatic ring is 1. The molecule has 78 valence electrons. The Balaban J connectivity index is 2.66. The van der Waals surface area contributed by atoms with E-state index >= 15 is 0 Å². The van der Waals surface area contributed by atoms with E-state index in [1.165, 1.54) is 0 Å². The van der Waals surface area contributed by atoms with Crippen molar-refractivity contribution in [3.05, 3.63) is 5.28 Å². The second-order valence-electron chi connectivity index (χ2n) is 2.79. The normalized spacial score (nSPS) is 12.5. The van der Waals surface area contributed by atoms with Crippen LogP contribution in [0.3, 0.4) is 0 Å². The van der Waals surface area contributed by atoms with Gasteiger partial charge >= 0.3 is 0 Å². The van der Waals surface area contributed by atoms with Crippen molar-refractivity contribution >= 4 is 23.5 Å². The molecule has 1 rings (SSSR count). The number of hydrogen-bond acceptors (Lipinski definition) is 6. The average Bonchev–Trinajstić information content (AvgIpc) is 2.01. The van der Waals surface area contributed by atoms with Crippen molar-refractivity contribution < 1.29 is 4.74 Å². The summed E-state index contributed by atoms with van der Waals surface area (Å²) in [5.74, 6) is 0.448. The van der Waals surface area contributed by atoms with Crippen LogP contribution in [0.4, 0.5) is 11.9 Å². The number of aromatic nitrogens is 3. The summed E-state index contributed by atoms with van der Waals surface area (Å²) >= 11 is 5.60. The lowest BCUT2D eigenvalue weighted by molar-refractivity contribution is 0.190. The van der Waals surface area contributed by atoms with Gasteiger partial charge in [0.2, 0.25) is 17.2 Å². The molecule has 7 heteroatoms. The highest BCUT2D eigenvalue weighted by atomic mass is 35.5. The van der Waals surface area contributed by atoms with Crippen molar-refractivity contribution in [3.8, 4) is 0 Å². The van der Waals surface area contributed by atoms with Crippen LogP contribution in [0.25, 0.3) is 0 Å². The zero-order chi connectivity index (χ0) is 10.6. The lowest BCUT2D eigenvalue weighted by Gasteiger charge is -2.12. The molecule has 0 aliphatic carbocycles. The van der Waals surface area contributed by atoms with Gasteiger partial charge < -0.3 is 15.8 Å². The molecule has 1 aromatic heterocycles. The van der Waals surface area contributed by atoms with E-state index in [-0.39, 0.29) is 17.3 Å². The Morgan fingerprint density at radius 3 is 2.79 bits per heavy atom. The molecule has 1 atom stereocenters. The fraction of sp³-hybridized carbons (Fsp3) is 0.571. The van der Waals surface area contributed by atoms with Crippen LogP contribution < -0.4 is 11.1 Å². The molecule has 0 radical (unpaired) electrons. The molecule has 0 aromatic carbocycles. The molecule has 0 aliphatic heterocycles. The fourth-order valence-corrected chi connectivity index (χ4v) is 1.11. The Bertz CT molecular complexity index is 288. The molecule has 0 saturated carbocycles. The van der Waals surface area contributed by atoms with E-state index in [0.29, 0.717) is 12.6 Å². The standard InChI is InChI=1S/C7H12ClN5O/c1-4(3-14-2)10-7-12-5(8)11-6(9)13-7/h4H,3H2,1-2H3,(H3,9,10,11,12,13). The SMILES string of the molecule is COCC(C)Nc1nc(N)nc(Cl)n1. The summed E-state index contributed by atoms with van der Waals surface area (Å²) in [7, 11) is 1.62. The number of nitrogens with two attached hydrogens (primary N) is 1. The third-order valence-corrected chi connectivity index (χ3v) is 1.59. The first kappa shape index (κ1) is 10.9. The van der Waals surface area contributed by atoms with E-state index in [4.69, 9.17) is 22.1 Å². The third-order valence-electron chi connectivity index (χ3n) is 1.42. The van der Waals surface area contributed by atoms with Crippen LogP contribution in [0, 0.1) is 0 Å². The Kier molecular flexibility index (Phi) is 3.84. The minimum Gasteiger partial charge on any atom is -0.383 e. The van der Waals surface area contributed by atoms with Gasteiger partial charge in [0.25, 0.3) is 0 Å². The maximum absolute atomic E-state index is 5.60. The fourth-order valence-electron chi connectivity index (χ4n) is 0.942. The first-order valence-corrected chi connectivity index (χ1v) is 4.42. The Hall–Kier alpha value is -1.14. The van der Waals surface area contributed by atoms with Crippen molar-refractivity contribution in [2.75, 3.05) is 24.8 Å². The molecule has 14 heavy (non-hydrogen) atoms. The third kappa shape index (κ3) is 3.31. The molecule has 6 nitrogen and oxygen atoms in total. The number of halogens is 1. The molecule has 1 heterocycles.